The third-order valence-electron chi connectivity index (χ3n) is 4.34. The van der Waals surface area contributed by atoms with E-state index in [1.807, 2.05) is 0 Å². The Balaban J connectivity index is 0.00000162. The van der Waals surface area contributed by atoms with E-state index in [9.17, 15) is 4.79 Å². The summed E-state index contributed by atoms with van der Waals surface area (Å²) in [5.74, 6) is 1.90. The Kier molecular flexibility index (Phi) is 7.02. The summed E-state index contributed by atoms with van der Waals surface area (Å²) in [5.41, 5.74) is 0. The molecule has 1 N–H and O–H groups in total. The molecule has 2 fully saturated rings. The number of nitrogens with zero attached hydrogens (tertiary/aromatic N) is 1. The zero-order valence-corrected chi connectivity index (χ0v) is 12.3. The molecule has 18 heavy (non-hydrogen) atoms. The van der Waals surface area contributed by atoms with E-state index < -0.39 is 0 Å². The minimum atomic E-state index is 0. The molecule has 1 saturated carbocycles. The smallest absolute Gasteiger partial charge is 0.222 e. The maximum absolute atomic E-state index is 12.0. The normalized spacial score (nSPS) is 21.3. The number of amides is 1. The van der Waals surface area contributed by atoms with Crippen LogP contribution in [-0.2, 0) is 4.79 Å². The van der Waals surface area contributed by atoms with E-state index in [4.69, 9.17) is 0 Å². The summed E-state index contributed by atoms with van der Waals surface area (Å²) in [7, 11) is 0. The van der Waals surface area contributed by atoms with Gasteiger partial charge >= 0.3 is 0 Å². The van der Waals surface area contributed by atoms with Gasteiger partial charge in [0.2, 0.25) is 5.91 Å². The van der Waals surface area contributed by atoms with Crippen molar-refractivity contribution in [1.82, 2.24) is 10.2 Å². The molecule has 1 heterocycles. The molecule has 3 nitrogen and oxygen atoms in total. The molecule has 0 aromatic rings. The Morgan fingerprint density at radius 3 is 2.33 bits per heavy atom. The first-order chi connectivity index (χ1) is 8.29. The lowest BCUT2D eigenvalue weighted by atomic mass is 9.82. The third-order valence-corrected chi connectivity index (χ3v) is 4.34. The molecule has 106 valence electrons. The summed E-state index contributed by atoms with van der Waals surface area (Å²) in [6.45, 7) is 6.31. The maximum Gasteiger partial charge on any atom is 0.222 e. The van der Waals surface area contributed by atoms with E-state index in [-0.39, 0.29) is 12.4 Å². The minimum absolute atomic E-state index is 0. The van der Waals surface area contributed by atoms with Crippen molar-refractivity contribution in [2.24, 2.45) is 11.8 Å². The average molecular weight is 275 g/mol. The summed E-state index contributed by atoms with van der Waals surface area (Å²) in [6, 6.07) is 0. The van der Waals surface area contributed by atoms with Crippen LogP contribution in [0.3, 0.4) is 0 Å². The van der Waals surface area contributed by atoms with Crippen LogP contribution < -0.4 is 5.32 Å². The predicted molar refractivity (Wildman–Crippen MR) is 77.1 cm³/mol. The van der Waals surface area contributed by atoms with Crippen molar-refractivity contribution in [2.75, 3.05) is 26.2 Å². The van der Waals surface area contributed by atoms with Gasteiger partial charge < -0.3 is 10.2 Å². The van der Waals surface area contributed by atoms with Gasteiger partial charge in [-0.1, -0.05) is 13.3 Å². The van der Waals surface area contributed by atoms with E-state index in [0.29, 0.717) is 11.8 Å². The molecule has 0 aromatic carbocycles. The van der Waals surface area contributed by atoms with Crippen LogP contribution in [0.25, 0.3) is 0 Å². The minimum Gasteiger partial charge on any atom is -0.343 e. The zero-order chi connectivity index (χ0) is 12.1. The van der Waals surface area contributed by atoms with Crippen LogP contribution in [0.4, 0.5) is 0 Å². The van der Waals surface area contributed by atoms with Gasteiger partial charge in [-0.2, -0.15) is 0 Å². The summed E-state index contributed by atoms with van der Waals surface area (Å²) in [6.07, 6.45) is 7.08. The van der Waals surface area contributed by atoms with Gasteiger partial charge in [-0.3, -0.25) is 4.79 Å². The van der Waals surface area contributed by atoms with Crippen molar-refractivity contribution in [3.8, 4) is 0 Å². The number of halogens is 1. The van der Waals surface area contributed by atoms with Gasteiger partial charge in [0.05, 0.1) is 0 Å². The molecule has 0 spiro atoms. The molecule has 1 saturated heterocycles. The van der Waals surface area contributed by atoms with E-state index in [1.54, 1.807) is 0 Å². The topological polar surface area (TPSA) is 32.3 Å². The van der Waals surface area contributed by atoms with Crippen LogP contribution in [0.1, 0.15) is 45.4 Å². The van der Waals surface area contributed by atoms with Crippen LogP contribution in [0.5, 0.6) is 0 Å². The van der Waals surface area contributed by atoms with Crippen LogP contribution in [0, 0.1) is 11.8 Å². The quantitative estimate of drug-likeness (QED) is 0.835. The fraction of sp³-hybridized carbons (Fsp3) is 0.929. The molecule has 2 aliphatic rings. The highest BCUT2D eigenvalue weighted by Gasteiger charge is 2.26. The molecule has 0 radical (unpaired) electrons. The number of nitrogens with one attached hydrogen (secondary N) is 1. The number of piperidine rings is 1. The first kappa shape index (κ1) is 15.8. The lowest BCUT2D eigenvalue weighted by Crippen LogP contribution is -2.41. The Morgan fingerprint density at radius 2 is 1.83 bits per heavy atom. The Labute approximate surface area is 117 Å². The van der Waals surface area contributed by atoms with Gasteiger partial charge in [-0.25, -0.2) is 0 Å². The van der Waals surface area contributed by atoms with Gasteiger partial charge in [0, 0.05) is 19.5 Å². The number of carbonyl (C=O) groups is 1. The van der Waals surface area contributed by atoms with Gasteiger partial charge in [0.25, 0.3) is 0 Å². The van der Waals surface area contributed by atoms with Crippen molar-refractivity contribution < 1.29 is 4.79 Å². The van der Waals surface area contributed by atoms with Crippen molar-refractivity contribution in [3.63, 3.8) is 0 Å². The maximum atomic E-state index is 12.0. The molecule has 4 heteroatoms. The van der Waals surface area contributed by atoms with Crippen molar-refractivity contribution in [3.05, 3.63) is 0 Å². The van der Waals surface area contributed by atoms with E-state index in [1.165, 1.54) is 32.1 Å². The molecule has 0 bridgehead atoms. The Hall–Kier alpha value is -0.280. The number of likely N-dealkylation sites (tertiary alicyclic amines) is 1. The number of hydrogen-bond acceptors (Lipinski definition) is 2. The predicted octanol–water partition coefficient (Wildman–Crippen LogP) is 2.45. The first-order valence-electron chi connectivity index (χ1n) is 7.28. The standard InChI is InChI=1S/C14H26N2O.ClH/c1-2-15-11-13-6-8-16(9-7-13)14(17)10-12-4-3-5-12;/h12-13,15H,2-11H2,1H3;1H. The average Bonchev–Trinajstić information content (AvgIpc) is 2.31. The summed E-state index contributed by atoms with van der Waals surface area (Å²) in [4.78, 5) is 14.1. The van der Waals surface area contributed by atoms with Gasteiger partial charge in [-0.05, 0) is 50.6 Å². The zero-order valence-electron chi connectivity index (χ0n) is 11.5. The summed E-state index contributed by atoms with van der Waals surface area (Å²) in [5, 5.41) is 3.41. The molecular weight excluding hydrogens is 248 g/mol. The monoisotopic (exact) mass is 274 g/mol. The highest BCUT2D eigenvalue weighted by Crippen LogP contribution is 2.30. The lowest BCUT2D eigenvalue weighted by molar-refractivity contribution is -0.134. The second kappa shape index (κ2) is 8.00. The van der Waals surface area contributed by atoms with Crippen LogP contribution in [-0.4, -0.2) is 37.0 Å². The molecule has 1 aliphatic heterocycles. The molecule has 1 amide bonds. The van der Waals surface area contributed by atoms with Crippen LogP contribution >= 0.6 is 12.4 Å². The van der Waals surface area contributed by atoms with Gasteiger partial charge in [0.1, 0.15) is 0 Å². The first-order valence-corrected chi connectivity index (χ1v) is 7.28. The highest BCUT2D eigenvalue weighted by molar-refractivity contribution is 5.85. The Morgan fingerprint density at radius 1 is 1.17 bits per heavy atom. The number of hydrogen-bond donors (Lipinski definition) is 1. The molecule has 0 aromatic heterocycles. The second-order valence-electron chi connectivity index (χ2n) is 5.63. The highest BCUT2D eigenvalue weighted by atomic mass is 35.5. The van der Waals surface area contributed by atoms with Gasteiger partial charge in [0.15, 0.2) is 0 Å². The largest absolute Gasteiger partial charge is 0.343 e. The van der Waals surface area contributed by atoms with Gasteiger partial charge in [-0.15, -0.1) is 12.4 Å². The van der Waals surface area contributed by atoms with Crippen molar-refractivity contribution >= 4 is 18.3 Å². The number of rotatable bonds is 5. The fourth-order valence-corrected chi connectivity index (χ4v) is 2.81. The molecule has 1 aliphatic carbocycles. The van der Waals surface area contributed by atoms with Crippen LogP contribution in [0.15, 0.2) is 0 Å². The lowest BCUT2D eigenvalue weighted by Gasteiger charge is -2.34. The van der Waals surface area contributed by atoms with E-state index in [2.05, 4.69) is 17.1 Å². The molecule has 2 rings (SSSR count). The molecular formula is C14H27ClN2O. The third kappa shape index (κ3) is 4.43. The summed E-state index contributed by atoms with van der Waals surface area (Å²) < 4.78 is 0. The Bertz CT molecular complexity index is 248. The number of carbonyl (C=O) groups excluding carboxylic acids is 1. The summed E-state index contributed by atoms with van der Waals surface area (Å²) >= 11 is 0. The fourth-order valence-electron chi connectivity index (χ4n) is 2.81. The van der Waals surface area contributed by atoms with Crippen LogP contribution in [0.2, 0.25) is 0 Å². The molecule has 0 unspecified atom stereocenters. The molecule has 0 atom stereocenters. The van der Waals surface area contributed by atoms with E-state index in [0.717, 1.165) is 38.5 Å². The SMILES string of the molecule is CCNCC1CCN(C(=O)CC2CCC2)CC1.Cl. The van der Waals surface area contributed by atoms with Crippen molar-refractivity contribution in [2.45, 2.75) is 45.4 Å². The van der Waals surface area contributed by atoms with Crippen molar-refractivity contribution in [1.29, 1.82) is 0 Å². The van der Waals surface area contributed by atoms with E-state index >= 15 is 0 Å². The second-order valence-corrected chi connectivity index (χ2v) is 5.63.